The van der Waals surface area contributed by atoms with Crippen molar-refractivity contribution in [1.29, 1.82) is 0 Å². The number of rotatable bonds is 7. The molecule has 8 heteroatoms. The number of nitrogens with one attached hydrogen (secondary N) is 1. The van der Waals surface area contributed by atoms with Gasteiger partial charge in [0.15, 0.2) is 0 Å². The summed E-state index contributed by atoms with van der Waals surface area (Å²) in [4.78, 5) is 4.40. The molecule has 0 aliphatic carbocycles. The Morgan fingerprint density at radius 2 is 1.76 bits per heavy atom. The minimum atomic E-state index is -3.72. The molecule has 0 atom stereocenters. The van der Waals surface area contributed by atoms with E-state index in [0.717, 1.165) is 4.47 Å². The van der Waals surface area contributed by atoms with E-state index < -0.39 is 10.0 Å². The molecule has 3 aromatic carbocycles. The van der Waals surface area contributed by atoms with Crippen molar-refractivity contribution in [2.24, 2.45) is 4.99 Å². The number of nitrogens with zero attached hydrogens (tertiary/aromatic N) is 1. The molecule has 0 spiro atoms. The van der Waals surface area contributed by atoms with Crippen molar-refractivity contribution in [2.45, 2.75) is 11.8 Å². The van der Waals surface area contributed by atoms with Crippen LogP contribution in [0, 0.1) is 0 Å². The summed E-state index contributed by atoms with van der Waals surface area (Å²) in [6.07, 6.45) is 1.52. The molecule has 0 aliphatic heterocycles. The highest BCUT2D eigenvalue weighted by Crippen LogP contribution is 2.23. The largest absolute Gasteiger partial charge is 0.507 e. The molecular formula is C21H19BrN2O4S. The van der Waals surface area contributed by atoms with Crippen LogP contribution in [0.5, 0.6) is 11.5 Å². The van der Waals surface area contributed by atoms with E-state index >= 15 is 0 Å². The van der Waals surface area contributed by atoms with Gasteiger partial charge in [0.05, 0.1) is 17.2 Å². The lowest BCUT2D eigenvalue weighted by Gasteiger charge is -2.09. The second-order valence-electron chi connectivity index (χ2n) is 6.02. The van der Waals surface area contributed by atoms with Crippen molar-refractivity contribution < 1.29 is 18.3 Å². The third-order valence-electron chi connectivity index (χ3n) is 3.91. The molecular weight excluding hydrogens is 456 g/mol. The Morgan fingerprint density at radius 1 is 1.07 bits per heavy atom. The maximum Gasteiger partial charge on any atom is 0.261 e. The van der Waals surface area contributed by atoms with E-state index in [-0.39, 0.29) is 10.6 Å². The molecule has 0 fully saturated rings. The van der Waals surface area contributed by atoms with Crippen LogP contribution in [0.2, 0.25) is 0 Å². The minimum absolute atomic E-state index is 0.107. The number of phenols is 1. The highest BCUT2D eigenvalue weighted by atomic mass is 79.9. The predicted molar refractivity (Wildman–Crippen MR) is 118 cm³/mol. The first-order valence-electron chi connectivity index (χ1n) is 8.76. The summed E-state index contributed by atoms with van der Waals surface area (Å²) in [5.41, 5.74) is 1.55. The first-order chi connectivity index (χ1) is 13.9. The molecule has 0 unspecified atom stereocenters. The SMILES string of the molecule is CCOc1ccc(NS(=O)(=O)c2ccc(N=Cc3cc(Br)ccc3O)cc2)cc1. The Hall–Kier alpha value is -2.84. The van der Waals surface area contributed by atoms with Gasteiger partial charge in [-0.1, -0.05) is 15.9 Å². The van der Waals surface area contributed by atoms with Gasteiger partial charge in [-0.15, -0.1) is 0 Å². The van der Waals surface area contributed by atoms with Crippen LogP contribution in [0.15, 0.2) is 81.1 Å². The van der Waals surface area contributed by atoms with Crippen molar-refractivity contribution in [2.75, 3.05) is 11.3 Å². The van der Waals surface area contributed by atoms with E-state index in [2.05, 4.69) is 25.6 Å². The molecule has 0 aliphatic rings. The van der Waals surface area contributed by atoms with Crippen LogP contribution < -0.4 is 9.46 Å². The van der Waals surface area contributed by atoms with Crippen LogP contribution >= 0.6 is 15.9 Å². The molecule has 0 amide bonds. The zero-order valence-electron chi connectivity index (χ0n) is 15.5. The topological polar surface area (TPSA) is 88.0 Å². The third kappa shape index (κ3) is 5.58. The van der Waals surface area contributed by atoms with Gasteiger partial charge in [0.2, 0.25) is 0 Å². The molecule has 0 saturated carbocycles. The number of hydrogen-bond donors (Lipinski definition) is 2. The molecule has 0 aromatic heterocycles. The average Bonchev–Trinajstić information content (AvgIpc) is 2.70. The Kier molecular flexibility index (Phi) is 6.56. The number of ether oxygens (including phenoxy) is 1. The first kappa shape index (κ1) is 20.9. The van der Waals surface area contributed by atoms with Crippen molar-refractivity contribution in [3.8, 4) is 11.5 Å². The third-order valence-corrected chi connectivity index (χ3v) is 5.80. The molecule has 150 valence electrons. The number of halogens is 1. The summed E-state index contributed by atoms with van der Waals surface area (Å²) < 4.78 is 33.8. The second-order valence-corrected chi connectivity index (χ2v) is 8.62. The van der Waals surface area contributed by atoms with Crippen LogP contribution in [0.4, 0.5) is 11.4 Å². The Morgan fingerprint density at radius 3 is 2.41 bits per heavy atom. The smallest absolute Gasteiger partial charge is 0.261 e. The van der Waals surface area contributed by atoms with Gasteiger partial charge in [0, 0.05) is 21.9 Å². The molecule has 0 heterocycles. The lowest BCUT2D eigenvalue weighted by Crippen LogP contribution is -2.12. The van der Waals surface area contributed by atoms with E-state index in [1.165, 1.54) is 18.3 Å². The zero-order chi connectivity index (χ0) is 20.9. The molecule has 0 radical (unpaired) electrons. The molecule has 3 rings (SSSR count). The van der Waals surface area contributed by atoms with Crippen LogP contribution in [-0.4, -0.2) is 26.3 Å². The van der Waals surface area contributed by atoms with E-state index in [1.54, 1.807) is 54.6 Å². The van der Waals surface area contributed by atoms with Gasteiger partial charge in [-0.2, -0.15) is 0 Å². The number of phenolic OH excluding ortho intramolecular Hbond substituents is 1. The van der Waals surface area contributed by atoms with Gasteiger partial charge < -0.3 is 9.84 Å². The fraction of sp³-hybridized carbons (Fsp3) is 0.0952. The first-order valence-corrected chi connectivity index (χ1v) is 11.0. The summed E-state index contributed by atoms with van der Waals surface area (Å²) in [5.74, 6) is 0.782. The Labute approximate surface area is 178 Å². The summed E-state index contributed by atoms with van der Waals surface area (Å²) >= 11 is 3.34. The fourth-order valence-corrected chi connectivity index (χ4v) is 3.92. The van der Waals surface area contributed by atoms with Crippen LogP contribution in [0.3, 0.4) is 0 Å². The van der Waals surface area contributed by atoms with Gasteiger partial charge in [-0.25, -0.2) is 8.42 Å². The van der Waals surface area contributed by atoms with Crippen molar-refractivity contribution in [3.05, 3.63) is 76.8 Å². The van der Waals surface area contributed by atoms with Crippen LogP contribution in [-0.2, 0) is 10.0 Å². The van der Waals surface area contributed by atoms with Crippen LogP contribution in [0.25, 0.3) is 0 Å². The van der Waals surface area contributed by atoms with Crippen molar-refractivity contribution >= 4 is 43.5 Å². The van der Waals surface area contributed by atoms with E-state index in [0.29, 0.717) is 29.3 Å². The second kappa shape index (κ2) is 9.11. The van der Waals surface area contributed by atoms with Gasteiger partial charge in [0.1, 0.15) is 11.5 Å². The highest BCUT2D eigenvalue weighted by molar-refractivity contribution is 9.10. The number of sulfonamides is 1. The van der Waals surface area contributed by atoms with Crippen molar-refractivity contribution in [1.82, 2.24) is 0 Å². The highest BCUT2D eigenvalue weighted by Gasteiger charge is 2.14. The standard InChI is InChI=1S/C21H19BrN2O4S/c1-2-28-19-8-4-18(5-9-19)24-29(26,27)20-10-6-17(7-11-20)23-14-15-13-16(22)3-12-21(15)25/h3-14,24-25H,2H2,1H3. The molecule has 2 N–H and O–H groups in total. The van der Waals surface area contributed by atoms with E-state index in [1.807, 2.05) is 6.92 Å². The number of anilines is 1. The van der Waals surface area contributed by atoms with Gasteiger partial charge in [-0.05, 0) is 73.7 Å². The lowest BCUT2D eigenvalue weighted by atomic mass is 10.2. The number of aliphatic imine (C=N–C) groups is 1. The summed E-state index contributed by atoms with van der Waals surface area (Å²) in [5, 5.41) is 9.84. The molecule has 0 saturated heterocycles. The molecule has 0 bridgehead atoms. The lowest BCUT2D eigenvalue weighted by molar-refractivity contribution is 0.340. The average molecular weight is 475 g/mol. The maximum atomic E-state index is 12.6. The predicted octanol–water partition coefficient (Wildman–Crippen LogP) is 5.10. The molecule has 6 nitrogen and oxygen atoms in total. The summed E-state index contributed by atoms with van der Waals surface area (Å²) in [6, 6.07) is 17.9. The number of hydrogen-bond acceptors (Lipinski definition) is 5. The quantitative estimate of drug-likeness (QED) is 0.465. The van der Waals surface area contributed by atoms with E-state index in [4.69, 9.17) is 4.74 Å². The molecule has 3 aromatic rings. The number of benzene rings is 3. The minimum Gasteiger partial charge on any atom is -0.507 e. The fourth-order valence-electron chi connectivity index (χ4n) is 2.48. The van der Waals surface area contributed by atoms with Crippen LogP contribution in [0.1, 0.15) is 12.5 Å². The zero-order valence-corrected chi connectivity index (χ0v) is 17.9. The van der Waals surface area contributed by atoms with E-state index in [9.17, 15) is 13.5 Å². The van der Waals surface area contributed by atoms with Crippen molar-refractivity contribution in [3.63, 3.8) is 0 Å². The molecule has 29 heavy (non-hydrogen) atoms. The van der Waals surface area contributed by atoms with Gasteiger partial charge in [0.25, 0.3) is 10.0 Å². The van der Waals surface area contributed by atoms with Gasteiger partial charge in [-0.3, -0.25) is 9.71 Å². The monoisotopic (exact) mass is 474 g/mol. The summed E-state index contributed by atoms with van der Waals surface area (Å²) in [6.45, 7) is 2.42. The Bertz CT molecular complexity index is 1110. The summed E-state index contributed by atoms with van der Waals surface area (Å²) in [7, 11) is -3.72. The normalized spacial score (nSPS) is 11.5. The Balaban J connectivity index is 1.72. The van der Waals surface area contributed by atoms with Gasteiger partial charge >= 0.3 is 0 Å². The number of aromatic hydroxyl groups is 1. The maximum absolute atomic E-state index is 12.6.